The Bertz CT molecular complexity index is 955. The Morgan fingerprint density at radius 2 is 1.58 bits per heavy atom. The fraction of sp³-hybridized carbons (Fsp3) is 0.318. The van der Waals surface area contributed by atoms with Crippen molar-refractivity contribution in [3.8, 4) is 5.75 Å². The molecule has 1 fully saturated rings. The molecule has 7 nitrogen and oxygen atoms in total. The van der Waals surface area contributed by atoms with Crippen molar-refractivity contribution < 1.29 is 19.1 Å². The molecule has 1 aliphatic rings. The van der Waals surface area contributed by atoms with Gasteiger partial charge in [0.1, 0.15) is 5.75 Å². The van der Waals surface area contributed by atoms with Crippen molar-refractivity contribution in [2.24, 2.45) is 0 Å². The maximum Gasteiger partial charge on any atom is 0.255 e. The minimum Gasteiger partial charge on any atom is -0.496 e. The lowest BCUT2D eigenvalue weighted by atomic mass is 10.1. The number of benzene rings is 2. The number of carbonyl (C=O) groups is 3. The zero-order valence-electron chi connectivity index (χ0n) is 17.1. The molecule has 164 valence electrons. The number of hydrogen-bond donors (Lipinski definition) is 1. The molecule has 1 saturated heterocycles. The van der Waals surface area contributed by atoms with Gasteiger partial charge in [-0.3, -0.25) is 14.4 Å². The van der Waals surface area contributed by atoms with E-state index in [1.54, 1.807) is 52.3 Å². The number of para-hydroxylation sites is 1. The molecular formula is C22H23Cl2N3O4. The molecule has 0 spiro atoms. The second-order valence-corrected chi connectivity index (χ2v) is 7.91. The standard InChI is InChI=1S/C22H23Cl2N3O4/c1-31-19-5-3-2-4-18(19)21(29)25-7-6-20(28)26-8-10-27(11-9-26)22(30)15-12-16(23)14-17(24)13-15/h2-5,12-14H,6-11H2,1H3,(H,25,29). The number of ether oxygens (including phenoxy) is 1. The van der Waals surface area contributed by atoms with Crippen molar-refractivity contribution in [2.45, 2.75) is 6.42 Å². The molecule has 0 bridgehead atoms. The minimum atomic E-state index is -0.291. The first-order valence-corrected chi connectivity index (χ1v) is 10.6. The van der Waals surface area contributed by atoms with Crippen molar-refractivity contribution >= 4 is 40.9 Å². The van der Waals surface area contributed by atoms with Crippen molar-refractivity contribution in [3.05, 3.63) is 63.6 Å². The monoisotopic (exact) mass is 463 g/mol. The van der Waals surface area contributed by atoms with Crippen LogP contribution in [0.5, 0.6) is 5.75 Å². The van der Waals surface area contributed by atoms with E-state index in [2.05, 4.69) is 5.32 Å². The van der Waals surface area contributed by atoms with Gasteiger partial charge in [0, 0.05) is 54.8 Å². The Balaban J connectivity index is 1.46. The first-order valence-electron chi connectivity index (χ1n) is 9.83. The fourth-order valence-corrected chi connectivity index (χ4v) is 3.91. The molecule has 1 N–H and O–H groups in total. The van der Waals surface area contributed by atoms with Gasteiger partial charge in [0.15, 0.2) is 0 Å². The topological polar surface area (TPSA) is 79.0 Å². The summed E-state index contributed by atoms with van der Waals surface area (Å²) in [7, 11) is 1.50. The highest BCUT2D eigenvalue weighted by Gasteiger charge is 2.25. The number of nitrogens with zero attached hydrogens (tertiary/aromatic N) is 2. The highest BCUT2D eigenvalue weighted by Crippen LogP contribution is 2.21. The summed E-state index contributed by atoms with van der Waals surface area (Å²) in [6.45, 7) is 1.92. The first-order chi connectivity index (χ1) is 14.9. The van der Waals surface area contributed by atoms with E-state index >= 15 is 0 Å². The molecule has 2 aromatic carbocycles. The molecule has 9 heteroatoms. The lowest BCUT2D eigenvalue weighted by Crippen LogP contribution is -2.51. The van der Waals surface area contributed by atoms with Crippen molar-refractivity contribution in [2.75, 3.05) is 39.8 Å². The van der Waals surface area contributed by atoms with E-state index in [1.165, 1.54) is 7.11 Å². The number of rotatable bonds is 6. The van der Waals surface area contributed by atoms with Gasteiger partial charge in [-0.1, -0.05) is 35.3 Å². The molecule has 0 aromatic heterocycles. The molecule has 3 rings (SSSR count). The Labute approximate surface area is 190 Å². The van der Waals surface area contributed by atoms with Crippen LogP contribution in [0, 0.1) is 0 Å². The number of methoxy groups -OCH3 is 1. The summed E-state index contributed by atoms with van der Waals surface area (Å²) in [5.41, 5.74) is 0.849. The smallest absolute Gasteiger partial charge is 0.255 e. The molecule has 1 heterocycles. The summed E-state index contributed by atoms with van der Waals surface area (Å²) >= 11 is 12.0. The average molecular weight is 464 g/mol. The van der Waals surface area contributed by atoms with Gasteiger partial charge >= 0.3 is 0 Å². The highest BCUT2D eigenvalue weighted by molar-refractivity contribution is 6.35. The van der Waals surface area contributed by atoms with Crippen LogP contribution in [0.1, 0.15) is 27.1 Å². The molecular weight excluding hydrogens is 441 g/mol. The number of carbonyl (C=O) groups excluding carboxylic acids is 3. The third kappa shape index (κ3) is 5.89. The van der Waals surface area contributed by atoms with Crippen molar-refractivity contribution in [3.63, 3.8) is 0 Å². The van der Waals surface area contributed by atoms with E-state index in [9.17, 15) is 14.4 Å². The van der Waals surface area contributed by atoms with Gasteiger partial charge in [-0.25, -0.2) is 0 Å². The van der Waals surface area contributed by atoms with E-state index in [0.717, 1.165) is 0 Å². The van der Waals surface area contributed by atoms with Crippen LogP contribution in [0.4, 0.5) is 0 Å². The van der Waals surface area contributed by atoms with Gasteiger partial charge in [-0.05, 0) is 30.3 Å². The van der Waals surface area contributed by atoms with Crippen molar-refractivity contribution in [1.29, 1.82) is 0 Å². The molecule has 0 aliphatic carbocycles. The van der Waals surface area contributed by atoms with Gasteiger partial charge in [0.05, 0.1) is 12.7 Å². The quantitative estimate of drug-likeness (QED) is 0.713. The van der Waals surface area contributed by atoms with Crippen LogP contribution >= 0.6 is 23.2 Å². The zero-order chi connectivity index (χ0) is 22.4. The number of piperazine rings is 1. The SMILES string of the molecule is COc1ccccc1C(=O)NCCC(=O)N1CCN(C(=O)c2cc(Cl)cc(Cl)c2)CC1. The second kappa shape index (κ2) is 10.5. The lowest BCUT2D eigenvalue weighted by molar-refractivity contribution is -0.132. The van der Waals surface area contributed by atoms with Crippen LogP contribution in [0.2, 0.25) is 10.0 Å². The minimum absolute atomic E-state index is 0.0711. The Hall–Kier alpha value is -2.77. The van der Waals surface area contributed by atoms with E-state index in [0.29, 0.717) is 53.1 Å². The molecule has 1 aliphatic heterocycles. The Kier molecular flexibility index (Phi) is 7.76. The molecule has 2 aromatic rings. The summed E-state index contributed by atoms with van der Waals surface area (Å²) < 4.78 is 5.18. The normalized spacial score (nSPS) is 13.6. The molecule has 31 heavy (non-hydrogen) atoms. The lowest BCUT2D eigenvalue weighted by Gasteiger charge is -2.35. The van der Waals surface area contributed by atoms with Gasteiger partial charge < -0.3 is 19.9 Å². The van der Waals surface area contributed by atoms with Crippen LogP contribution in [0.15, 0.2) is 42.5 Å². The van der Waals surface area contributed by atoms with Crippen LogP contribution < -0.4 is 10.1 Å². The maximum atomic E-state index is 12.7. The zero-order valence-corrected chi connectivity index (χ0v) is 18.6. The van der Waals surface area contributed by atoms with Gasteiger partial charge in [-0.2, -0.15) is 0 Å². The predicted molar refractivity (Wildman–Crippen MR) is 119 cm³/mol. The molecule has 0 atom stereocenters. The van der Waals surface area contributed by atoms with E-state index < -0.39 is 0 Å². The number of halogens is 2. The maximum absolute atomic E-state index is 12.7. The van der Waals surface area contributed by atoms with Gasteiger partial charge in [0.25, 0.3) is 11.8 Å². The molecule has 0 radical (unpaired) electrons. The van der Waals surface area contributed by atoms with E-state index in [4.69, 9.17) is 27.9 Å². The van der Waals surface area contributed by atoms with Gasteiger partial charge in [-0.15, -0.1) is 0 Å². The van der Waals surface area contributed by atoms with Crippen LogP contribution in [-0.2, 0) is 4.79 Å². The molecule has 0 unspecified atom stereocenters. The largest absolute Gasteiger partial charge is 0.496 e. The third-order valence-electron chi connectivity index (χ3n) is 5.01. The molecule has 0 saturated carbocycles. The number of hydrogen-bond acceptors (Lipinski definition) is 4. The third-order valence-corrected chi connectivity index (χ3v) is 5.44. The van der Waals surface area contributed by atoms with Crippen LogP contribution in [0.25, 0.3) is 0 Å². The number of amides is 3. The van der Waals surface area contributed by atoms with Crippen LogP contribution in [0.3, 0.4) is 0 Å². The summed E-state index contributed by atoms with van der Waals surface area (Å²) in [5.74, 6) is -0.0484. The summed E-state index contributed by atoms with van der Waals surface area (Å²) in [4.78, 5) is 40.8. The van der Waals surface area contributed by atoms with E-state index in [1.807, 2.05) is 0 Å². The predicted octanol–water partition coefficient (Wildman–Crippen LogP) is 3.11. The fourth-order valence-electron chi connectivity index (χ4n) is 3.39. The van der Waals surface area contributed by atoms with Gasteiger partial charge in [0.2, 0.25) is 5.91 Å². The Morgan fingerprint density at radius 1 is 0.968 bits per heavy atom. The summed E-state index contributed by atoms with van der Waals surface area (Å²) in [6.07, 6.45) is 0.179. The highest BCUT2D eigenvalue weighted by atomic mass is 35.5. The number of nitrogens with one attached hydrogen (secondary N) is 1. The van der Waals surface area contributed by atoms with Crippen LogP contribution in [-0.4, -0.2) is 67.4 Å². The summed E-state index contributed by atoms with van der Waals surface area (Å²) in [5, 5.41) is 3.55. The second-order valence-electron chi connectivity index (χ2n) is 7.04. The Morgan fingerprint density at radius 3 is 2.23 bits per heavy atom. The molecule has 3 amide bonds. The first kappa shape index (κ1) is 22.9. The van der Waals surface area contributed by atoms with Crippen molar-refractivity contribution in [1.82, 2.24) is 15.1 Å². The average Bonchev–Trinajstić information content (AvgIpc) is 2.77. The summed E-state index contributed by atoms with van der Waals surface area (Å²) in [6, 6.07) is 11.6. The van der Waals surface area contributed by atoms with E-state index in [-0.39, 0.29) is 30.7 Å².